The summed E-state index contributed by atoms with van der Waals surface area (Å²) in [6, 6.07) is 4.64. The standard InChI is InChI=1S/C9H14N2O2S/c1-6(2)14(12,13)8-5-3-4-7(10)9(8)11/h3-6H,10-11H2,1-2H3. The number of hydrogen-bond donors (Lipinski definition) is 2. The van der Waals surface area contributed by atoms with Gasteiger partial charge in [-0.3, -0.25) is 0 Å². The van der Waals surface area contributed by atoms with E-state index in [1.54, 1.807) is 26.0 Å². The maximum absolute atomic E-state index is 11.8. The monoisotopic (exact) mass is 214 g/mol. The highest BCUT2D eigenvalue weighted by Crippen LogP contribution is 2.26. The van der Waals surface area contributed by atoms with E-state index in [1.807, 2.05) is 0 Å². The number of benzene rings is 1. The topological polar surface area (TPSA) is 86.2 Å². The average Bonchev–Trinajstić information content (AvgIpc) is 2.09. The fraction of sp³-hybridized carbons (Fsp3) is 0.333. The summed E-state index contributed by atoms with van der Waals surface area (Å²) in [6.45, 7) is 3.22. The van der Waals surface area contributed by atoms with Crippen molar-refractivity contribution in [2.75, 3.05) is 11.5 Å². The number of nitrogen functional groups attached to an aromatic ring is 2. The van der Waals surface area contributed by atoms with E-state index >= 15 is 0 Å². The van der Waals surface area contributed by atoms with Crippen molar-refractivity contribution in [1.29, 1.82) is 0 Å². The van der Waals surface area contributed by atoms with E-state index in [-0.39, 0.29) is 10.6 Å². The minimum atomic E-state index is -3.34. The molecule has 0 amide bonds. The highest BCUT2D eigenvalue weighted by Gasteiger charge is 2.22. The molecule has 0 unspecified atom stereocenters. The van der Waals surface area contributed by atoms with Gasteiger partial charge in [-0.2, -0.15) is 0 Å². The Labute approximate surface area is 83.8 Å². The summed E-state index contributed by atoms with van der Waals surface area (Å²) in [4.78, 5) is 0.118. The Hall–Kier alpha value is -1.23. The highest BCUT2D eigenvalue weighted by atomic mass is 32.2. The lowest BCUT2D eigenvalue weighted by Crippen LogP contribution is -2.16. The van der Waals surface area contributed by atoms with Crippen LogP contribution in [0.3, 0.4) is 0 Å². The second kappa shape index (κ2) is 3.49. The molecule has 78 valence electrons. The zero-order chi connectivity index (χ0) is 10.9. The molecule has 14 heavy (non-hydrogen) atoms. The van der Waals surface area contributed by atoms with E-state index in [1.165, 1.54) is 6.07 Å². The van der Waals surface area contributed by atoms with Crippen LogP contribution in [0.15, 0.2) is 23.1 Å². The summed E-state index contributed by atoms with van der Waals surface area (Å²) in [5.74, 6) is 0. The summed E-state index contributed by atoms with van der Waals surface area (Å²) in [6.07, 6.45) is 0. The van der Waals surface area contributed by atoms with Crippen LogP contribution >= 0.6 is 0 Å². The fourth-order valence-corrected chi connectivity index (χ4v) is 2.26. The molecule has 1 aromatic carbocycles. The molecule has 0 aliphatic rings. The van der Waals surface area contributed by atoms with Crippen LogP contribution in [-0.4, -0.2) is 13.7 Å². The number of rotatable bonds is 2. The van der Waals surface area contributed by atoms with Gasteiger partial charge >= 0.3 is 0 Å². The van der Waals surface area contributed by atoms with Crippen LogP contribution in [-0.2, 0) is 9.84 Å². The molecule has 4 nitrogen and oxygen atoms in total. The van der Waals surface area contributed by atoms with Crippen LogP contribution in [0, 0.1) is 0 Å². The molecular formula is C9H14N2O2S. The van der Waals surface area contributed by atoms with Gasteiger partial charge in [0.25, 0.3) is 0 Å². The molecule has 0 atom stereocenters. The van der Waals surface area contributed by atoms with Gasteiger partial charge in [0.1, 0.15) is 0 Å². The van der Waals surface area contributed by atoms with E-state index in [0.29, 0.717) is 5.69 Å². The molecular weight excluding hydrogens is 200 g/mol. The summed E-state index contributed by atoms with van der Waals surface area (Å²) in [5, 5.41) is -0.494. The zero-order valence-corrected chi connectivity index (χ0v) is 9.01. The van der Waals surface area contributed by atoms with Gasteiger partial charge in [-0.25, -0.2) is 8.42 Å². The summed E-state index contributed by atoms with van der Waals surface area (Å²) < 4.78 is 23.5. The minimum Gasteiger partial charge on any atom is -0.397 e. The molecule has 0 fully saturated rings. The second-order valence-corrected chi connectivity index (χ2v) is 5.83. The second-order valence-electron chi connectivity index (χ2n) is 3.35. The SMILES string of the molecule is CC(C)S(=O)(=O)c1cccc(N)c1N. The Morgan fingerprint density at radius 2 is 1.79 bits per heavy atom. The van der Waals surface area contributed by atoms with Crippen molar-refractivity contribution >= 4 is 21.2 Å². The molecule has 0 radical (unpaired) electrons. The summed E-state index contributed by atoms with van der Waals surface area (Å²) in [5.41, 5.74) is 11.6. The molecule has 0 saturated carbocycles. The third kappa shape index (κ3) is 1.68. The van der Waals surface area contributed by atoms with E-state index in [0.717, 1.165) is 0 Å². The maximum Gasteiger partial charge on any atom is 0.182 e. The van der Waals surface area contributed by atoms with Crippen LogP contribution in [0.4, 0.5) is 11.4 Å². The number of sulfone groups is 1. The predicted molar refractivity (Wildman–Crippen MR) is 57.6 cm³/mol. The Bertz CT molecular complexity index is 438. The van der Waals surface area contributed by atoms with E-state index in [4.69, 9.17) is 11.5 Å². The molecule has 0 heterocycles. The van der Waals surface area contributed by atoms with Crippen molar-refractivity contribution in [3.05, 3.63) is 18.2 Å². The Morgan fingerprint density at radius 1 is 1.21 bits per heavy atom. The van der Waals surface area contributed by atoms with Gasteiger partial charge in [-0.05, 0) is 26.0 Å². The van der Waals surface area contributed by atoms with Crippen molar-refractivity contribution < 1.29 is 8.42 Å². The normalized spacial score (nSPS) is 11.9. The molecule has 0 saturated heterocycles. The largest absolute Gasteiger partial charge is 0.397 e. The first kappa shape index (κ1) is 10.8. The van der Waals surface area contributed by atoms with Gasteiger partial charge in [0, 0.05) is 0 Å². The Morgan fingerprint density at radius 3 is 2.29 bits per heavy atom. The number of hydrogen-bond acceptors (Lipinski definition) is 4. The zero-order valence-electron chi connectivity index (χ0n) is 8.19. The molecule has 1 aromatic rings. The Balaban J connectivity index is 3.42. The highest BCUT2D eigenvalue weighted by molar-refractivity contribution is 7.92. The van der Waals surface area contributed by atoms with E-state index < -0.39 is 15.1 Å². The van der Waals surface area contributed by atoms with Gasteiger partial charge in [0.2, 0.25) is 0 Å². The van der Waals surface area contributed by atoms with E-state index in [9.17, 15) is 8.42 Å². The molecule has 0 aliphatic heterocycles. The van der Waals surface area contributed by atoms with Crippen LogP contribution in [0.2, 0.25) is 0 Å². The molecule has 1 rings (SSSR count). The van der Waals surface area contributed by atoms with Gasteiger partial charge in [-0.15, -0.1) is 0 Å². The summed E-state index contributed by atoms with van der Waals surface area (Å²) in [7, 11) is -3.34. The first-order chi connectivity index (χ1) is 6.37. The quantitative estimate of drug-likeness (QED) is 0.720. The van der Waals surface area contributed by atoms with Crippen molar-refractivity contribution in [1.82, 2.24) is 0 Å². The lowest BCUT2D eigenvalue weighted by Gasteiger charge is -2.11. The van der Waals surface area contributed by atoms with Crippen molar-refractivity contribution in [3.8, 4) is 0 Å². The maximum atomic E-state index is 11.8. The number of para-hydroxylation sites is 1. The first-order valence-electron chi connectivity index (χ1n) is 4.25. The van der Waals surface area contributed by atoms with Gasteiger partial charge in [-0.1, -0.05) is 6.07 Å². The molecule has 4 N–H and O–H groups in total. The van der Waals surface area contributed by atoms with Crippen LogP contribution in [0.25, 0.3) is 0 Å². The molecule has 0 spiro atoms. The first-order valence-corrected chi connectivity index (χ1v) is 5.80. The predicted octanol–water partition coefficient (Wildman–Crippen LogP) is 1.03. The van der Waals surface area contributed by atoms with Crippen molar-refractivity contribution in [2.24, 2.45) is 0 Å². The number of nitrogens with two attached hydrogens (primary N) is 2. The smallest absolute Gasteiger partial charge is 0.182 e. The van der Waals surface area contributed by atoms with Crippen molar-refractivity contribution in [2.45, 2.75) is 24.0 Å². The van der Waals surface area contributed by atoms with Crippen LogP contribution < -0.4 is 11.5 Å². The molecule has 0 aliphatic carbocycles. The third-order valence-corrected chi connectivity index (χ3v) is 4.24. The van der Waals surface area contributed by atoms with E-state index in [2.05, 4.69) is 0 Å². The molecule has 0 bridgehead atoms. The lowest BCUT2D eigenvalue weighted by atomic mass is 10.3. The van der Waals surface area contributed by atoms with Crippen LogP contribution in [0.1, 0.15) is 13.8 Å². The molecule has 5 heteroatoms. The van der Waals surface area contributed by atoms with Crippen LogP contribution in [0.5, 0.6) is 0 Å². The Kier molecular flexibility index (Phi) is 2.71. The van der Waals surface area contributed by atoms with Gasteiger partial charge < -0.3 is 11.5 Å². The average molecular weight is 214 g/mol. The lowest BCUT2D eigenvalue weighted by molar-refractivity contribution is 0.588. The van der Waals surface area contributed by atoms with Crippen molar-refractivity contribution in [3.63, 3.8) is 0 Å². The molecule has 0 aromatic heterocycles. The minimum absolute atomic E-state index is 0.118. The van der Waals surface area contributed by atoms with Gasteiger partial charge in [0.15, 0.2) is 9.84 Å². The summed E-state index contributed by atoms with van der Waals surface area (Å²) >= 11 is 0. The van der Waals surface area contributed by atoms with Gasteiger partial charge in [0.05, 0.1) is 21.5 Å². The fourth-order valence-electron chi connectivity index (χ4n) is 1.06. The third-order valence-electron chi connectivity index (χ3n) is 2.03. The number of anilines is 2.